The minimum Gasteiger partial charge on any atom is -0.120 e. The Labute approximate surface area is 76.7 Å². The molecule has 0 heterocycles. The van der Waals surface area contributed by atoms with E-state index in [1.165, 1.54) is 0 Å². The minimum atomic E-state index is 0.677. The van der Waals surface area contributed by atoms with E-state index >= 15 is 0 Å². The van der Waals surface area contributed by atoms with Crippen LogP contribution in [-0.2, 0) is 0 Å². The molecule has 0 aliphatic carbocycles. The molecule has 0 aromatic heterocycles. The Bertz CT molecular complexity index is 187. The number of allylic oxidation sites excluding steroid dienone is 5. The van der Waals surface area contributed by atoms with Crippen molar-refractivity contribution in [3.8, 4) is 12.3 Å². The maximum absolute atomic E-state index is 5.13. The lowest BCUT2D eigenvalue weighted by molar-refractivity contribution is 1.34. The Kier molecular flexibility index (Phi) is 13.9. The molecule has 0 N–H and O–H groups in total. The Morgan fingerprint density at radius 2 is 2.08 bits per heavy atom. The summed E-state index contributed by atoms with van der Waals surface area (Å²) in [4.78, 5) is 0. The van der Waals surface area contributed by atoms with Crippen molar-refractivity contribution in [3.05, 3.63) is 36.5 Å². The van der Waals surface area contributed by atoms with Gasteiger partial charge in [0.15, 0.2) is 0 Å². The van der Waals surface area contributed by atoms with Crippen molar-refractivity contribution in [1.29, 1.82) is 0 Å². The van der Waals surface area contributed by atoms with E-state index in [4.69, 9.17) is 6.42 Å². The van der Waals surface area contributed by atoms with Gasteiger partial charge in [0, 0.05) is 6.42 Å². The first-order valence-corrected chi connectivity index (χ1v) is 4.23. The first-order chi connectivity index (χ1) is 5.85. The summed E-state index contributed by atoms with van der Waals surface area (Å²) in [6, 6.07) is 0. The van der Waals surface area contributed by atoms with Crippen LogP contribution in [0.1, 0.15) is 27.2 Å². The number of hydrogen-bond acceptors (Lipinski definition) is 0. The van der Waals surface area contributed by atoms with Crippen molar-refractivity contribution in [2.75, 3.05) is 0 Å². The molecule has 0 bridgehead atoms. The van der Waals surface area contributed by atoms with Crippen molar-refractivity contribution in [2.24, 2.45) is 0 Å². The van der Waals surface area contributed by atoms with E-state index in [1.807, 2.05) is 39.0 Å². The highest BCUT2D eigenvalue weighted by Gasteiger charge is 1.83. The quantitative estimate of drug-likeness (QED) is 0.438. The van der Waals surface area contributed by atoms with Crippen molar-refractivity contribution in [2.45, 2.75) is 27.2 Å². The van der Waals surface area contributed by atoms with Gasteiger partial charge in [-0.2, -0.15) is 0 Å². The minimum absolute atomic E-state index is 0.677. The molecule has 0 saturated heterocycles. The Morgan fingerprint density at radius 1 is 1.50 bits per heavy atom. The van der Waals surface area contributed by atoms with Gasteiger partial charge in [-0.3, -0.25) is 0 Å². The summed E-state index contributed by atoms with van der Waals surface area (Å²) in [5, 5.41) is 0. The average Bonchev–Trinajstić information content (AvgIpc) is 2.10. The molecule has 0 nitrogen and oxygen atoms in total. The molecule has 66 valence electrons. The highest BCUT2D eigenvalue weighted by atomic mass is 13.9. The first kappa shape index (κ1) is 13.4. The third kappa shape index (κ3) is 8.78. The third-order valence-electron chi connectivity index (χ3n) is 1.02. The first-order valence-electron chi connectivity index (χ1n) is 4.23. The molecule has 0 radical (unpaired) electrons. The van der Waals surface area contributed by atoms with Crippen LogP contribution in [0.3, 0.4) is 0 Å². The molecule has 0 amide bonds. The Hall–Kier alpha value is -1.22. The zero-order valence-electron chi connectivity index (χ0n) is 8.30. The molecule has 0 fully saturated rings. The maximum atomic E-state index is 5.13. The van der Waals surface area contributed by atoms with E-state index in [2.05, 4.69) is 12.5 Å². The van der Waals surface area contributed by atoms with E-state index in [-0.39, 0.29) is 0 Å². The third-order valence-corrected chi connectivity index (χ3v) is 1.02. The molecule has 0 aromatic rings. The molecule has 0 heteroatoms. The van der Waals surface area contributed by atoms with E-state index < -0.39 is 0 Å². The van der Waals surface area contributed by atoms with Crippen molar-refractivity contribution < 1.29 is 0 Å². The molecule has 0 aromatic carbocycles. The molecular weight excluding hydrogens is 144 g/mol. The second kappa shape index (κ2) is 12.5. The molecule has 12 heavy (non-hydrogen) atoms. The SMILES string of the molecule is C#CCC(/C=C\C)=C/C=C.CC. The van der Waals surface area contributed by atoms with E-state index in [9.17, 15) is 0 Å². The van der Waals surface area contributed by atoms with Gasteiger partial charge in [0.25, 0.3) is 0 Å². The normalized spacial score (nSPS) is 10.0. The molecule has 0 spiro atoms. The van der Waals surface area contributed by atoms with Gasteiger partial charge < -0.3 is 0 Å². The summed E-state index contributed by atoms with van der Waals surface area (Å²) in [6.07, 6.45) is 13.4. The van der Waals surface area contributed by atoms with Gasteiger partial charge in [-0.25, -0.2) is 0 Å². The van der Waals surface area contributed by atoms with Gasteiger partial charge in [0.1, 0.15) is 0 Å². The zero-order valence-corrected chi connectivity index (χ0v) is 8.30. The standard InChI is InChI=1S/C10H12.C2H6/c1-4-7-10(8-5-2)9-6-3;1-2/h1,5-6,8-9H,2,7H2,3H3;1-2H3/b9-6-,10-8-;. The van der Waals surface area contributed by atoms with Crippen molar-refractivity contribution in [3.63, 3.8) is 0 Å². The highest BCUT2D eigenvalue weighted by Crippen LogP contribution is 2.01. The van der Waals surface area contributed by atoms with Crippen LogP contribution in [0, 0.1) is 12.3 Å². The van der Waals surface area contributed by atoms with Crippen LogP contribution in [0.5, 0.6) is 0 Å². The summed E-state index contributed by atoms with van der Waals surface area (Å²) in [7, 11) is 0. The molecular formula is C12H18. The second-order valence-corrected chi connectivity index (χ2v) is 1.86. The van der Waals surface area contributed by atoms with Gasteiger partial charge in [-0.05, 0) is 12.5 Å². The van der Waals surface area contributed by atoms with Gasteiger partial charge >= 0.3 is 0 Å². The Morgan fingerprint density at radius 3 is 2.42 bits per heavy atom. The summed E-state index contributed by atoms with van der Waals surface area (Å²) in [5.41, 5.74) is 1.12. The fourth-order valence-electron chi connectivity index (χ4n) is 0.657. The molecule has 0 unspecified atom stereocenters. The lowest BCUT2D eigenvalue weighted by Gasteiger charge is -1.90. The number of hydrogen-bond donors (Lipinski definition) is 0. The van der Waals surface area contributed by atoms with Crippen LogP contribution in [0.15, 0.2) is 36.5 Å². The summed E-state index contributed by atoms with van der Waals surface area (Å²) < 4.78 is 0. The van der Waals surface area contributed by atoms with Crippen LogP contribution < -0.4 is 0 Å². The van der Waals surface area contributed by atoms with Gasteiger partial charge in [0.2, 0.25) is 0 Å². The zero-order chi connectivity index (χ0) is 9.82. The maximum Gasteiger partial charge on any atom is 0.0337 e. The fraction of sp³-hybridized carbons (Fsp3) is 0.333. The van der Waals surface area contributed by atoms with Crippen LogP contribution in [0.25, 0.3) is 0 Å². The fourth-order valence-corrected chi connectivity index (χ4v) is 0.657. The lowest BCUT2D eigenvalue weighted by atomic mass is 10.1. The molecule has 0 rings (SSSR count). The molecule has 0 saturated carbocycles. The van der Waals surface area contributed by atoms with Crippen LogP contribution >= 0.6 is 0 Å². The summed E-state index contributed by atoms with van der Waals surface area (Å²) >= 11 is 0. The summed E-state index contributed by atoms with van der Waals surface area (Å²) in [6.45, 7) is 9.55. The van der Waals surface area contributed by atoms with E-state index in [1.54, 1.807) is 6.08 Å². The molecule has 0 aliphatic rings. The van der Waals surface area contributed by atoms with Crippen molar-refractivity contribution >= 4 is 0 Å². The lowest BCUT2D eigenvalue weighted by Crippen LogP contribution is -1.72. The number of rotatable bonds is 3. The second-order valence-electron chi connectivity index (χ2n) is 1.86. The van der Waals surface area contributed by atoms with Gasteiger partial charge in [0.05, 0.1) is 0 Å². The molecule has 0 atom stereocenters. The van der Waals surface area contributed by atoms with Gasteiger partial charge in [-0.1, -0.05) is 44.7 Å². The predicted octanol–water partition coefficient (Wildman–Crippen LogP) is 3.72. The van der Waals surface area contributed by atoms with E-state index in [0.29, 0.717) is 6.42 Å². The Balaban J connectivity index is 0. The van der Waals surface area contributed by atoms with Crippen LogP contribution in [-0.4, -0.2) is 0 Å². The topological polar surface area (TPSA) is 0 Å². The van der Waals surface area contributed by atoms with Crippen LogP contribution in [0.2, 0.25) is 0 Å². The number of terminal acetylenes is 1. The smallest absolute Gasteiger partial charge is 0.0337 e. The van der Waals surface area contributed by atoms with Crippen LogP contribution in [0.4, 0.5) is 0 Å². The van der Waals surface area contributed by atoms with E-state index in [0.717, 1.165) is 5.57 Å². The average molecular weight is 162 g/mol. The molecule has 0 aliphatic heterocycles. The van der Waals surface area contributed by atoms with Gasteiger partial charge in [-0.15, -0.1) is 12.3 Å². The van der Waals surface area contributed by atoms with Crippen molar-refractivity contribution in [1.82, 2.24) is 0 Å². The largest absolute Gasteiger partial charge is 0.120 e. The highest BCUT2D eigenvalue weighted by molar-refractivity contribution is 5.26. The predicted molar refractivity (Wildman–Crippen MR) is 57.9 cm³/mol. The monoisotopic (exact) mass is 162 g/mol. The summed E-state index contributed by atoms with van der Waals surface area (Å²) in [5.74, 6) is 2.57.